The van der Waals surface area contributed by atoms with E-state index in [-0.39, 0.29) is 6.20 Å². The van der Waals surface area contributed by atoms with E-state index in [1.54, 1.807) is 4.98 Å². The van der Waals surface area contributed by atoms with E-state index in [1.807, 2.05) is 0 Å². The molecule has 18 heavy (non-hydrogen) atoms. The van der Waals surface area contributed by atoms with Crippen LogP contribution in [0.5, 0.6) is 5.75 Å². The predicted octanol–water partition coefficient (Wildman–Crippen LogP) is 1.75. The molecule has 0 aliphatic heterocycles. The van der Waals surface area contributed by atoms with Crippen molar-refractivity contribution < 1.29 is 31.1 Å². The Balaban J connectivity index is 3.48. The number of halogens is 6. The van der Waals surface area contributed by atoms with Crippen molar-refractivity contribution in [1.82, 2.24) is 4.98 Å². The lowest BCUT2D eigenvalue weighted by atomic mass is 10.1. The first-order valence-corrected chi connectivity index (χ1v) is 4.34. The highest BCUT2D eigenvalue weighted by molar-refractivity contribution is 5.39. The molecule has 4 nitrogen and oxygen atoms in total. The fourth-order valence-corrected chi connectivity index (χ4v) is 1.26. The predicted molar refractivity (Wildman–Crippen MR) is 46.6 cm³/mol. The second-order valence-electron chi connectivity index (χ2n) is 3.09. The zero-order chi connectivity index (χ0) is 14.1. The van der Waals surface area contributed by atoms with Crippen molar-refractivity contribution in [2.24, 2.45) is 5.73 Å². The van der Waals surface area contributed by atoms with Gasteiger partial charge in [0.25, 0.3) is 5.56 Å². The van der Waals surface area contributed by atoms with Gasteiger partial charge in [0, 0.05) is 18.3 Å². The minimum absolute atomic E-state index is 0.192. The third kappa shape index (κ3) is 3.15. The molecule has 0 saturated heterocycles. The Labute approximate surface area is 95.4 Å². The number of hydrogen-bond acceptors (Lipinski definition) is 3. The van der Waals surface area contributed by atoms with Crippen LogP contribution in [0.15, 0.2) is 11.0 Å². The third-order valence-corrected chi connectivity index (χ3v) is 1.87. The van der Waals surface area contributed by atoms with Gasteiger partial charge in [-0.05, 0) is 0 Å². The summed E-state index contributed by atoms with van der Waals surface area (Å²) in [6.45, 7) is -0.876. The van der Waals surface area contributed by atoms with Crippen LogP contribution in [-0.2, 0) is 12.7 Å². The number of nitrogens with one attached hydrogen (secondary N) is 1. The fraction of sp³-hybridized carbons (Fsp3) is 0.375. The third-order valence-electron chi connectivity index (χ3n) is 1.87. The van der Waals surface area contributed by atoms with Crippen molar-refractivity contribution >= 4 is 0 Å². The number of aromatic nitrogens is 1. The number of rotatable bonds is 2. The molecule has 10 heteroatoms. The van der Waals surface area contributed by atoms with Gasteiger partial charge >= 0.3 is 12.5 Å². The van der Waals surface area contributed by atoms with Crippen LogP contribution in [0, 0.1) is 0 Å². The van der Waals surface area contributed by atoms with Gasteiger partial charge < -0.3 is 15.5 Å². The van der Waals surface area contributed by atoms with Crippen molar-refractivity contribution in [3.05, 3.63) is 27.7 Å². The smallest absolute Gasteiger partial charge is 0.404 e. The van der Waals surface area contributed by atoms with E-state index in [1.165, 1.54) is 0 Å². The van der Waals surface area contributed by atoms with E-state index in [4.69, 9.17) is 5.73 Å². The molecule has 3 N–H and O–H groups in total. The highest BCUT2D eigenvalue weighted by Crippen LogP contribution is 2.38. The summed E-state index contributed by atoms with van der Waals surface area (Å²) in [5.41, 5.74) is 0.850. The fourth-order valence-electron chi connectivity index (χ4n) is 1.26. The van der Waals surface area contributed by atoms with Crippen LogP contribution in [0.1, 0.15) is 11.1 Å². The van der Waals surface area contributed by atoms with Gasteiger partial charge in [0.15, 0.2) is 5.75 Å². The van der Waals surface area contributed by atoms with Gasteiger partial charge in [-0.1, -0.05) is 0 Å². The van der Waals surface area contributed by atoms with E-state index in [0.29, 0.717) is 0 Å². The second kappa shape index (κ2) is 4.52. The van der Waals surface area contributed by atoms with E-state index >= 15 is 0 Å². The molecule has 0 radical (unpaired) electrons. The van der Waals surface area contributed by atoms with Crippen molar-refractivity contribution in [2.75, 3.05) is 0 Å². The van der Waals surface area contributed by atoms with Gasteiger partial charge in [-0.2, -0.15) is 13.2 Å². The molecule has 0 aliphatic rings. The van der Waals surface area contributed by atoms with Crippen LogP contribution in [-0.4, -0.2) is 11.3 Å². The molecule has 1 aromatic heterocycles. The summed E-state index contributed by atoms with van der Waals surface area (Å²) < 4.78 is 76.8. The summed E-state index contributed by atoms with van der Waals surface area (Å²) in [5.74, 6) is -1.55. The molecule has 102 valence electrons. The maximum absolute atomic E-state index is 12.6. The Hall–Kier alpha value is -1.71. The number of ether oxygens (including phenoxy) is 1. The van der Waals surface area contributed by atoms with Crippen LogP contribution in [0.2, 0.25) is 0 Å². The molecule has 1 aromatic rings. The van der Waals surface area contributed by atoms with Crippen LogP contribution in [0.3, 0.4) is 0 Å². The van der Waals surface area contributed by atoms with Crippen molar-refractivity contribution in [2.45, 2.75) is 19.1 Å². The maximum atomic E-state index is 12.6. The van der Waals surface area contributed by atoms with Crippen molar-refractivity contribution in [3.63, 3.8) is 0 Å². The number of aromatic amines is 1. The Kier molecular flexibility index (Phi) is 3.60. The summed E-state index contributed by atoms with van der Waals surface area (Å²) in [7, 11) is 0. The highest BCUT2D eigenvalue weighted by Gasteiger charge is 2.42. The first kappa shape index (κ1) is 14.4. The average molecular weight is 276 g/mol. The van der Waals surface area contributed by atoms with Gasteiger partial charge in [0.2, 0.25) is 0 Å². The summed E-state index contributed by atoms with van der Waals surface area (Å²) in [6, 6.07) is 0. The van der Waals surface area contributed by atoms with E-state index in [9.17, 15) is 31.1 Å². The lowest BCUT2D eigenvalue weighted by Crippen LogP contribution is -2.27. The Bertz CT molecular complexity index is 490. The average Bonchev–Trinajstić information content (AvgIpc) is 2.16. The topological polar surface area (TPSA) is 68.1 Å². The zero-order valence-electron chi connectivity index (χ0n) is 8.45. The molecule has 0 fully saturated rings. The largest absolute Gasteiger partial charge is 0.573 e. The Morgan fingerprint density at radius 2 is 1.78 bits per heavy atom. The minimum Gasteiger partial charge on any atom is -0.404 e. The molecule has 0 amide bonds. The zero-order valence-corrected chi connectivity index (χ0v) is 8.45. The van der Waals surface area contributed by atoms with Crippen LogP contribution < -0.4 is 16.0 Å². The number of hydrogen-bond donors (Lipinski definition) is 2. The minimum atomic E-state index is -5.32. The molecule has 1 rings (SSSR count). The summed E-state index contributed by atoms with van der Waals surface area (Å²) in [5, 5.41) is 0. The lowest BCUT2D eigenvalue weighted by molar-refractivity contribution is -0.276. The number of nitrogens with two attached hydrogens (primary N) is 1. The maximum Gasteiger partial charge on any atom is 0.573 e. The summed E-state index contributed by atoms with van der Waals surface area (Å²) in [6.07, 6.45) is -10.3. The van der Waals surface area contributed by atoms with Crippen LogP contribution in [0.25, 0.3) is 0 Å². The normalized spacial score (nSPS) is 12.6. The SMILES string of the molecule is NCc1c(C(F)(F)F)c(OC(F)(F)F)c[nH]c1=O. The van der Waals surface area contributed by atoms with Gasteiger partial charge in [-0.25, -0.2) is 0 Å². The molecule has 0 spiro atoms. The van der Waals surface area contributed by atoms with Gasteiger partial charge in [0.05, 0.1) is 0 Å². The van der Waals surface area contributed by atoms with Gasteiger partial charge in [-0.3, -0.25) is 4.79 Å². The number of alkyl halides is 6. The molecule has 0 atom stereocenters. The van der Waals surface area contributed by atoms with Crippen molar-refractivity contribution in [1.29, 1.82) is 0 Å². The molecule has 0 aromatic carbocycles. The first-order chi connectivity index (χ1) is 8.06. The van der Waals surface area contributed by atoms with E-state index in [0.717, 1.165) is 0 Å². The van der Waals surface area contributed by atoms with E-state index < -0.39 is 41.5 Å². The molecular weight excluding hydrogens is 270 g/mol. The molecular formula is C8H6F6N2O2. The molecule has 1 heterocycles. The lowest BCUT2D eigenvalue weighted by Gasteiger charge is -2.17. The first-order valence-electron chi connectivity index (χ1n) is 4.34. The molecule has 0 aliphatic carbocycles. The Morgan fingerprint density at radius 1 is 1.22 bits per heavy atom. The number of pyridine rings is 1. The highest BCUT2D eigenvalue weighted by atomic mass is 19.4. The molecule has 0 unspecified atom stereocenters. The summed E-state index contributed by atoms with van der Waals surface area (Å²) in [4.78, 5) is 12.8. The van der Waals surface area contributed by atoms with Crippen LogP contribution in [0.4, 0.5) is 26.3 Å². The van der Waals surface area contributed by atoms with Gasteiger partial charge in [0.1, 0.15) is 5.56 Å². The van der Waals surface area contributed by atoms with Crippen LogP contribution >= 0.6 is 0 Å². The monoisotopic (exact) mass is 276 g/mol. The standard InChI is InChI=1S/C8H6F6N2O2/c9-7(10,11)5-3(1-15)6(17)16-2-4(5)18-8(12,13)14/h2H,1,15H2,(H,16,17). The van der Waals surface area contributed by atoms with Crippen molar-refractivity contribution in [3.8, 4) is 5.75 Å². The Morgan fingerprint density at radius 3 is 2.17 bits per heavy atom. The molecule has 0 bridgehead atoms. The summed E-state index contributed by atoms with van der Waals surface area (Å²) >= 11 is 0. The second-order valence-corrected chi connectivity index (χ2v) is 3.09. The van der Waals surface area contributed by atoms with Gasteiger partial charge in [-0.15, -0.1) is 13.2 Å². The molecule has 0 saturated carbocycles. The number of H-pyrrole nitrogens is 1. The quantitative estimate of drug-likeness (QED) is 0.808. The van der Waals surface area contributed by atoms with E-state index in [2.05, 4.69) is 4.74 Å².